The molecule has 94 valence electrons. The summed E-state index contributed by atoms with van der Waals surface area (Å²) in [5, 5.41) is 0. The molecular formula is C13H26N2O. The molecule has 0 radical (unpaired) electrons. The lowest BCUT2D eigenvalue weighted by molar-refractivity contribution is -0.127. The van der Waals surface area contributed by atoms with Crippen LogP contribution in [-0.4, -0.2) is 54.3 Å². The molecule has 3 nitrogen and oxygen atoms in total. The Morgan fingerprint density at radius 2 is 1.62 bits per heavy atom. The van der Waals surface area contributed by atoms with Gasteiger partial charge in [0.2, 0.25) is 0 Å². The van der Waals surface area contributed by atoms with Gasteiger partial charge in [-0.1, -0.05) is 20.8 Å². The lowest BCUT2D eigenvalue weighted by Crippen LogP contribution is -2.50. The number of nitrogens with zero attached hydrogens (tertiary/aromatic N) is 2. The number of carbonyl (C=O) groups is 1. The lowest BCUT2D eigenvalue weighted by atomic mass is 9.90. The molecule has 1 fully saturated rings. The first kappa shape index (κ1) is 13.7. The van der Waals surface area contributed by atoms with Crippen molar-refractivity contribution in [3.8, 4) is 0 Å². The minimum Gasteiger partial charge on any atom is -0.298 e. The molecule has 1 heterocycles. The largest absolute Gasteiger partial charge is 0.298 e. The highest BCUT2D eigenvalue weighted by Crippen LogP contribution is 2.16. The monoisotopic (exact) mass is 226 g/mol. The van der Waals surface area contributed by atoms with Gasteiger partial charge in [-0.25, -0.2) is 0 Å². The van der Waals surface area contributed by atoms with Crippen LogP contribution in [0, 0.1) is 5.41 Å². The third-order valence-electron chi connectivity index (χ3n) is 3.34. The number of hydrogen-bond donors (Lipinski definition) is 0. The Kier molecular flexibility index (Phi) is 4.51. The van der Waals surface area contributed by atoms with Gasteiger partial charge in [0.15, 0.2) is 5.78 Å². The second kappa shape index (κ2) is 5.28. The molecule has 1 rings (SSSR count). The topological polar surface area (TPSA) is 23.6 Å². The van der Waals surface area contributed by atoms with E-state index in [1.54, 1.807) is 0 Å². The fourth-order valence-corrected chi connectivity index (χ4v) is 1.88. The summed E-state index contributed by atoms with van der Waals surface area (Å²) in [5.41, 5.74) is -0.199. The van der Waals surface area contributed by atoms with E-state index in [1.165, 1.54) is 0 Å². The van der Waals surface area contributed by atoms with Crippen LogP contribution in [0.1, 0.15) is 34.6 Å². The Balaban J connectivity index is 2.35. The highest BCUT2D eigenvalue weighted by Gasteiger charge is 2.25. The van der Waals surface area contributed by atoms with Crippen LogP contribution in [0.15, 0.2) is 0 Å². The van der Waals surface area contributed by atoms with E-state index in [-0.39, 0.29) is 5.41 Å². The molecule has 1 aliphatic heterocycles. The van der Waals surface area contributed by atoms with Gasteiger partial charge in [-0.3, -0.25) is 14.6 Å². The Bertz CT molecular complexity index is 235. The number of ketones is 1. The number of carbonyl (C=O) groups excluding carboxylic acids is 1. The van der Waals surface area contributed by atoms with E-state index in [4.69, 9.17) is 0 Å². The zero-order valence-electron chi connectivity index (χ0n) is 11.4. The minimum atomic E-state index is -0.199. The van der Waals surface area contributed by atoms with E-state index in [1.807, 2.05) is 20.8 Å². The first-order valence-corrected chi connectivity index (χ1v) is 6.30. The van der Waals surface area contributed by atoms with E-state index in [9.17, 15) is 4.79 Å². The van der Waals surface area contributed by atoms with Gasteiger partial charge >= 0.3 is 0 Å². The second-order valence-electron chi connectivity index (χ2n) is 6.08. The molecule has 0 aliphatic carbocycles. The molecule has 0 unspecified atom stereocenters. The van der Waals surface area contributed by atoms with Crippen molar-refractivity contribution in [1.29, 1.82) is 0 Å². The van der Waals surface area contributed by atoms with Gasteiger partial charge in [-0.2, -0.15) is 0 Å². The highest BCUT2D eigenvalue weighted by atomic mass is 16.1. The Morgan fingerprint density at radius 1 is 1.12 bits per heavy atom. The van der Waals surface area contributed by atoms with Crippen molar-refractivity contribution in [2.24, 2.45) is 5.41 Å². The van der Waals surface area contributed by atoms with Gasteiger partial charge in [0.1, 0.15) is 0 Å². The number of Topliss-reactive ketones (excluding diaryl/α,β-unsaturated/α-hetero) is 1. The summed E-state index contributed by atoms with van der Waals surface area (Å²) in [4.78, 5) is 16.6. The van der Waals surface area contributed by atoms with Crippen LogP contribution < -0.4 is 0 Å². The Morgan fingerprint density at radius 3 is 2.00 bits per heavy atom. The number of rotatable bonds is 3. The van der Waals surface area contributed by atoms with Crippen LogP contribution in [-0.2, 0) is 4.79 Å². The van der Waals surface area contributed by atoms with Crippen molar-refractivity contribution in [2.75, 3.05) is 32.7 Å². The molecule has 0 N–H and O–H groups in total. The van der Waals surface area contributed by atoms with Crippen LogP contribution in [0.2, 0.25) is 0 Å². The predicted octanol–water partition coefficient (Wildman–Crippen LogP) is 1.63. The molecule has 16 heavy (non-hydrogen) atoms. The zero-order chi connectivity index (χ0) is 12.3. The standard InChI is InChI=1S/C13H26N2O/c1-11(2)15-8-6-14(7-9-15)10-12(16)13(3,4)5/h11H,6-10H2,1-5H3. The maximum Gasteiger partial charge on any atom is 0.152 e. The SMILES string of the molecule is CC(C)N1CCN(CC(=O)C(C)(C)C)CC1. The van der Waals surface area contributed by atoms with E-state index >= 15 is 0 Å². The molecule has 1 saturated heterocycles. The first-order valence-electron chi connectivity index (χ1n) is 6.30. The minimum absolute atomic E-state index is 0.199. The van der Waals surface area contributed by atoms with E-state index in [2.05, 4.69) is 23.6 Å². The van der Waals surface area contributed by atoms with Crippen molar-refractivity contribution >= 4 is 5.78 Å². The maximum absolute atomic E-state index is 11.9. The number of hydrogen-bond acceptors (Lipinski definition) is 3. The molecule has 0 atom stereocenters. The summed E-state index contributed by atoms with van der Waals surface area (Å²) in [5.74, 6) is 0.352. The van der Waals surface area contributed by atoms with Gasteiger partial charge < -0.3 is 0 Å². The van der Waals surface area contributed by atoms with Crippen LogP contribution in [0.25, 0.3) is 0 Å². The summed E-state index contributed by atoms with van der Waals surface area (Å²) >= 11 is 0. The van der Waals surface area contributed by atoms with Crippen LogP contribution >= 0.6 is 0 Å². The van der Waals surface area contributed by atoms with E-state index in [0.29, 0.717) is 18.4 Å². The van der Waals surface area contributed by atoms with E-state index in [0.717, 1.165) is 26.2 Å². The molecule has 0 spiro atoms. The molecule has 0 aromatic heterocycles. The summed E-state index contributed by atoms with van der Waals surface area (Å²) in [6, 6.07) is 0.625. The predicted molar refractivity (Wildman–Crippen MR) is 67.6 cm³/mol. The third-order valence-corrected chi connectivity index (χ3v) is 3.34. The number of piperazine rings is 1. The maximum atomic E-state index is 11.9. The first-order chi connectivity index (χ1) is 7.30. The summed E-state index contributed by atoms with van der Waals surface area (Å²) < 4.78 is 0. The van der Waals surface area contributed by atoms with Crippen LogP contribution in [0.4, 0.5) is 0 Å². The summed E-state index contributed by atoms with van der Waals surface area (Å²) in [7, 11) is 0. The van der Waals surface area contributed by atoms with Crippen molar-refractivity contribution < 1.29 is 4.79 Å². The second-order valence-corrected chi connectivity index (χ2v) is 6.08. The quantitative estimate of drug-likeness (QED) is 0.731. The van der Waals surface area contributed by atoms with Crippen molar-refractivity contribution in [2.45, 2.75) is 40.7 Å². The van der Waals surface area contributed by atoms with Crippen molar-refractivity contribution in [3.63, 3.8) is 0 Å². The van der Waals surface area contributed by atoms with Gasteiger partial charge in [-0.05, 0) is 13.8 Å². The Hall–Kier alpha value is -0.410. The van der Waals surface area contributed by atoms with Crippen LogP contribution in [0.3, 0.4) is 0 Å². The summed E-state index contributed by atoms with van der Waals surface area (Å²) in [6.45, 7) is 15.3. The van der Waals surface area contributed by atoms with Crippen LogP contribution in [0.5, 0.6) is 0 Å². The third kappa shape index (κ3) is 3.87. The van der Waals surface area contributed by atoms with Gasteiger partial charge in [0.05, 0.1) is 6.54 Å². The lowest BCUT2D eigenvalue weighted by Gasteiger charge is -2.37. The molecular weight excluding hydrogens is 200 g/mol. The highest BCUT2D eigenvalue weighted by molar-refractivity contribution is 5.85. The molecule has 0 aromatic carbocycles. The average molecular weight is 226 g/mol. The van der Waals surface area contributed by atoms with Crippen molar-refractivity contribution in [3.05, 3.63) is 0 Å². The fourth-order valence-electron chi connectivity index (χ4n) is 1.88. The average Bonchev–Trinajstić information content (AvgIpc) is 2.17. The Labute approximate surface area is 99.8 Å². The van der Waals surface area contributed by atoms with Gasteiger partial charge in [-0.15, -0.1) is 0 Å². The normalized spacial score (nSPS) is 20.4. The molecule has 0 saturated carbocycles. The molecule has 0 aromatic rings. The molecule has 0 amide bonds. The van der Waals surface area contributed by atoms with Gasteiger partial charge in [0, 0.05) is 37.6 Å². The zero-order valence-corrected chi connectivity index (χ0v) is 11.4. The van der Waals surface area contributed by atoms with Gasteiger partial charge in [0.25, 0.3) is 0 Å². The molecule has 1 aliphatic rings. The van der Waals surface area contributed by atoms with E-state index < -0.39 is 0 Å². The molecule has 3 heteroatoms. The fraction of sp³-hybridized carbons (Fsp3) is 0.923. The van der Waals surface area contributed by atoms with Crippen molar-refractivity contribution in [1.82, 2.24) is 9.80 Å². The molecule has 0 bridgehead atoms. The summed E-state index contributed by atoms with van der Waals surface area (Å²) in [6.07, 6.45) is 0. The smallest absolute Gasteiger partial charge is 0.152 e.